The van der Waals surface area contributed by atoms with Crippen LogP contribution in [-0.4, -0.2) is 34.3 Å². The number of hydrogen-bond donors (Lipinski definition) is 2. The predicted octanol–water partition coefficient (Wildman–Crippen LogP) is 2.41. The van der Waals surface area contributed by atoms with Crippen LogP contribution in [0.4, 0.5) is 4.79 Å². The Hall–Kier alpha value is -3.72. The van der Waals surface area contributed by atoms with E-state index in [4.69, 9.17) is 10.5 Å². The molecular formula is C20H18N4O4S. The minimum atomic E-state index is -1.01. The molecule has 3 amide bonds. The molecule has 0 unspecified atom stereocenters. The molecular weight excluding hydrogens is 392 g/mol. The maximum absolute atomic E-state index is 11.9. The molecule has 0 aliphatic rings. The lowest BCUT2D eigenvalue weighted by Crippen LogP contribution is -2.37. The lowest BCUT2D eigenvalue weighted by molar-refractivity contribution is -0.143. The molecule has 3 aromatic rings. The highest BCUT2D eigenvalue weighted by molar-refractivity contribution is 7.13. The van der Waals surface area contributed by atoms with Gasteiger partial charge in [0.2, 0.25) is 0 Å². The second-order valence-electron chi connectivity index (χ2n) is 5.95. The van der Waals surface area contributed by atoms with Crippen LogP contribution in [0.25, 0.3) is 16.6 Å². The van der Waals surface area contributed by atoms with Gasteiger partial charge >= 0.3 is 12.0 Å². The summed E-state index contributed by atoms with van der Waals surface area (Å²) >= 11 is 1.54. The first kappa shape index (κ1) is 20.0. The fourth-order valence-electron chi connectivity index (χ4n) is 2.53. The number of primary amides is 1. The van der Waals surface area contributed by atoms with Gasteiger partial charge in [-0.25, -0.2) is 9.59 Å². The highest BCUT2D eigenvalue weighted by atomic mass is 32.1. The maximum atomic E-state index is 11.9. The molecule has 148 valence electrons. The van der Waals surface area contributed by atoms with Gasteiger partial charge in [0, 0.05) is 17.8 Å². The number of aromatic nitrogens is 2. The van der Waals surface area contributed by atoms with Crippen molar-refractivity contribution in [3.63, 3.8) is 0 Å². The number of ether oxygens (including phenoxy) is 1. The number of thiophene rings is 1. The van der Waals surface area contributed by atoms with E-state index < -0.39 is 24.5 Å². The maximum Gasteiger partial charge on any atom is 0.331 e. The number of benzene rings is 1. The predicted molar refractivity (Wildman–Crippen MR) is 109 cm³/mol. The van der Waals surface area contributed by atoms with E-state index in [1.165, 1.54) is 6.08 Å². The average Bonchev–Trinajstić information content (AvgIpc) is 3.34. The van der Waals surface area contributed by atoms with E-state index in [-0.39, 0.29) is 0 Å². The van der Waals surface area contributed by atoms with Crippen molar-refractivity contribution in [2.45, 2.75) is 6.54 Å². The normalized spacial score (nSPS) is 10.8. The number of urea groups is 1. The summed E-state index contributed by atoms with van der Waals surface area (Å²) in [6, 6.07) is 12.8. The van der Waals surface area contributed by atoms with E-state index >= 15 is 0 Å². The van der Waals surface area contributed by atoms with Gasteiger partial charge in [-0.05, 0) is 23.1 Å². The highest BCUT2D eigenvalue weighted by Crippen LogP contribution is 2.27. The van der Waals surface area contributed by atoms with Gasteiger partial charge in [-0.2, -0.15) is 5.10 Å². The van der Waals surface area contributed by atoms with Crippen molar-refractivity contribution < 1.29 is 19.1 Å². The monoisotopic (exact) mass is 410 g/mol. The van der Waals surface area contributed by atoms with Crippen LogP contribution >= 0.6 is 11.3 Å². The Bertz CT molecular complexity index is 1030. The number of esters is 1. The van der Waals surface area contributed by atoms with Crippen LogP contribution < -0.4 is 11.1 Å². The van der Waals surface area contributed by atoms with Gasteiger partial charge < -0.3 is 10.5 Å². The SMILES string of the molecule is NC(=O)NC(=O)COC(=O)/C=C/c1cn(Cc2ccccc2)nc1-c1cccs1. The van der Waals surface area contributed by atoms with Gasteiger partial charge in [0.05, 0.1) is 11.4 Å². The van der Waals surface area contributed by atoms with Crippen LogP contribution in [0.15, 0.2) is 60.1 Å². The molecule has 0 aliphatic heterocycles. The Labute approximate surface area is 170 Å². The topological polar surface area (TPSA) is 116 Å². The van der Waals surface area contributed by atoms with E-state index in [1.54, 1.807) is 22.1 Å². The molecule has 0 bridgehead atoms. The molecule has 1 aromatic carbocycles. The lowest BCUT2D eigenvalue weighted by atomic mass is 10.2. The largest absolute Gasteiger partial charge is 0.452 e. The molecule has 0 saturated carbocycles. The van der Waals surface area contributed by atoms with E-state index in [0.717, 1.165) is 21.7 Å². The van der Waals surface area contributed by atoms with Crippen molar-refractivity contribution in [1.82, 2.24) is 15.1 Å². The Morgan fingerprint density at radius 2 is 1.97 bits per heavy atom. The van der Waals surface area contributed by atoms with Crippen molar-refractivity contribution in [1.29, 1.82) is 0 Å². The number of nitrogens with two attached hydrogens (primary N) is 1. The summed E-state index contributed by atoms with van der Waals surface area (Å²) < 4.78 is 6.59. The number of imide groups is 1. The minimum absolute atomic E-state index is 0.588. The number of carbonyl (C=O) groups is 3. The van der Waals surface area contributed by atoms with E-state index in [1.807, 2.05) is 59.4 Å². The van der Waals surface area contributed by atoms with Crippen LogP contribution in [0, 0.1) is 0 Å². The number of nitrogens with zero attached hydrogens (tertiary/aromatic N) is 2. The zero-order valence-corrected chi connectivity index (χ0v) is 16.1. The Morgan fingerprint density at radius 1 is 1.17 bits per heavy atom. The number of carbonyl (C=O) groups excluding carboxylic acids is 3. The first-order chi connectivity index (χ1) is 14.0. The fraction of sp³-hybridized carbons (Fsp3) is 0.100. The first-order valence-corrected chi connectivity index (χ1v) is 9.48. The Morgan fingerprint density at radius 3 is 2.66 bits per heavy atom. The molecule has 29 heavy (non-hydrogen) atoms. The van der Waals surface area contributed by atoms with Crippen LogP contribution in [0.3, 0.4) is 0 Å². The van der Waals surface area contributed by atoms with Crippen molar-refractivity contribution in [2.75, 3.05) is 6.61 Å². The van der Waals surface area contributed by atoms with E-state index in [0.29, 0.717) is 6.54 Å². The number of rotatable bonds is 7. The number of amides is 3. The van der Waals surface area contributed by atoms with Gasteiger partial charge in [-0.15, -0.1) is 11.3 Å². The number of nitrogens with one attached hydrogen (secondary N) is 1. The third kappa shape index (κ3) is 5.88. The first-order valence-electron chi connectivity index (χ1n) is 8.60. The summed E-state index contributed by atoms with van der Waals surface area (Å²) in [5, 5.41) is 8.40. The third-order valence-corrected chi connectivity index (χ3v) is 4.62. The molecule has 2 aromatic heterocycles. The number of hydrogen-bond acceptors (Lipinski definition) is 6. The molecule has 2 heterocycles. The summed E-state index contributed by atoms with van der Waals surface area (Å²) in [5.74, 6) is -1.52. The van der Waals surface area contributed by atoms with Gasteiger partial charge in [0.1, 0.15) is 5.69 Å². The molecule has 9 heteroatoms. The highest BCUT2D eigenvalue weighted by Gasteiger charge is 2.12. The average molecular weight is 410 g/mol. The van der Waals surface area contributed by atoms with Gasteiger partial charge in [0.15, 0.2) is 6.61 Å². The molecule has 8 nitrogen and oxygen atoms in total. The minimum Gasteiger partial charge on any atom is -0.452 e. The molecule has 0 aliphatic carbocycles. The molecule has 0 atom stereocenters. The van der Waals surface area contributed by atoms with Gasteiger partial charge in [0.25, 0.3) is 5.91 Å². The van der Waals surface area contributed by atoms with E-state index in [2.05, 4.69) is 5.10 Å². The second kappa shape index (κ2) is 9.47. The second-order valence-corrected chi connectivity index (χ2v) is 6.89. The smallest absolute Gasteiger partial charge is 0.331 e. The lowest BCUT2D eigenvalue weighted by Gasteiger charge is -2.01. The van der Waals surface area contributed by atoms with Crippen molar-refractivity contribution in [2.24, 2.45) is 5.73 Å². The molecule has 0 saturated heterocycles. The molecule has 0 spiro atoms. The molecule has 3 N–H and O–H groups in total. The van der Waals surface area contributed by atoms with E-state index in [9.17, 15) is 14.4 Å². The van der Waals surface area contributed by atoms with Crippen molar-refractivity contribution >= 4 is 35.3 Å². The van der Waals surface area contributed by atoms with Crippen LogP contribution in [0.1, 0.15) is 11.1 Å². The standard InChI is InChI=1S/C20H18N4O4S/c21-20(27)22-17(25)13-28-18(26)9-8-15-12-24(11-14-5-2-1-3-6-14)23-19(15)16-7-4-10-29-16/h1-10,12H,11,13H2,(H3,21,22,25,27)/b9-8+. The summed E-state index contributed by atoms with van der Waals surface area (Å²) in [5.41, 5.74) is 7.40. The molecule has 0 radical (unpaired) electrons. The van der Waals surface area contributed by atoms with Crippen LogP contribution in [0.5, 0.6) is 0 Å². The summed E-state index contributed by atoms with van der Waals surface area (Å²) in [6.45, 7) is -0.0119. The van der Waals surface area contributed by atoms with Crippen LogP contribution in [0.2, 0.25) is 0 Å². The van der Waals surface area contributed by atoms with Crippen LogP contribution in [-0.2, 0) is 20.9 Å². The fourth-order valence-corrected chi connectivity index (χ4v) is 3.26. The molecule has 0 fully saturated rings. The van der Waals surface area contributed by atoms with Crippen molar-refractivity contribution in [3.05, 3.63) is 71.2 Å². The third-order valence-electron chi connectivity index (χ3n) is 3.74. The molecule has 3 rings (SSSR count). The Kier molecular flexibility index (Phi) is 6.54. The zero-order valence-electron chi connectivity index (χ0n) is 15.3. The van der Waals surface area contributed by atoms with Gasteiger partial charge in [-0.3, -0.25) is 14.8 Å². The summed E-state index contributed by atoms with van der Waals surface area (Å²) in [4.78, 5) is 34.7. The quantitative estimate of drug-likeness (QED) is 0.458. The Balaban J connectivity index is 1.73. The summed E-state index contributed by atoms with van der Waals surface area (Å²) in [7, 11) is 0. The summed E-state index contributed by atoms with van der Waals surface area (Å²) in [6.07, 6.45) is 4.63. The van der Waals surface area contributed by atoms with Crippen molar-refractivity contribution in [3.8, 4) is 10.6 Å². The van der Waals surface area contributed by atoms with Gasteiger partial charge in [-0.1, -0.05) is 36.4 Å². The zero-order chi connectivity index (χ0) is 20.6.